The summed E-state index contributed by atoms with van der Waals surface area (Å²) in [5.74, 6) is 6.16. The van der Waals surface area contributed by atoms with Crippen molar-refractivity contribution in [1.82, 2.24) is 4.98 Å². The summed E-state index contributed by atoms with van der Waals surface area (Å²) in [6.07, 6.45) is 2.19. The van der Waals surface area contributed by atoms with Gasteiger partial charge in [0.1, 0.15) is 0 Å². The number of aromatic nitrogens is 1. The molecule has 1 aromatic rings. The SMILES string of the molecule is COC(=O)c1ncc(C#CCCSC(C)=O)cc1C. The average molecular weight is 277 g/mol. The van der Waals surface area contributed by atoms with E-state index in [4.69, 9.17) is 0 Å². The summed E-state index contributed by atoms with van der Waals surface area (Å²) < 4.78 is 4.62. The van der Waals surface area contributed by atoms with Crippen LogP contribution in [0.5, 0.6) is 0 Å². The first-order valence-electron chi connectivity index (χ1n) is 5.71. The third-order valence-electron chi connectivity index (χ3n) is 2.22. The molecule has 0 aliphatic heterocycles. The minimum absolute atomic E-state index is 0.0988. The maximum Gasteiger partial charge on any atom is 0.356 e. The zero-order valence-corrected chi connectivity index (χ0v) is 12.0. The van der Waals surface area contributed by atoms with Gasteiger partial charge < -0.3 is 4.74 Å². The smallest absolute Gasteiger partial charge is 0.356 e. The van der Waals surface area contributed by atoms with Gasteiger partial charge in [0, 0.05) is 30.9 Å². The van der Waals surface area contributed by atoms with Gasteiger partial charge in [-0.3, -0.25) is 4.79 Å². The van der Waals surface area contributed by atoms with Crippen LogP contribution < -0.4 is 0 Å². The molecule has 0 saturated carbocycles. The molecule has 0 unspecified atom stereocenters. The zero-order chi connectivity index (χ0) is 14.3. The lowest BCUT2D eigenvalue weighted by molar-refractivity contribution is -0.109. The molecule has 0 bridgehead atoms. The molecule has 1 aromatic heterocycles. The number of esters is 1. The van der Waals surface area contributed by atoms with Gasteiger partial charge in [-0.15, -0.1) is 0 Å². The minimum atomic E-state index is -0.449. The highest BCUT2D eigenvalue weighted by Crippen LogP contribution is 2.08. The number of aryl methyl sites for hydroxylation is 1. The molecule has 0 aromatic carbocycles. The molecule has 0 amide bonds. The predicted octanol–water partition coefficient (Wildman–Crippen LogP) is 2.20. The molecular formula is C14H15NO3S. The molecule has 4 nitrogen and oxygen atoms in total. The summed E-state index contributed by atoms with van der Waals surface area (Å²) in [4.78, 5) is 26.1. The van der Waals surface area contributed by atoms with Crippen molar-refractivity contribution in [3.8, 4) is 11.8 Å². The van der Waals surface area contributed by atoms with Gasteiger partial charge in [-0.05, 0) is 18.6 Å². The second-order valence-electron chi connectivity index (χ2n) is 3.77. The van der Waals surface area contributed by atoms with Crippen molar-refractivity contribution < 1.29 is 14.3 Å². The van der Waals surface area contributed by atoms with Crippen molar-refractivity contribution in [2.45, 2.75) is 20.3 Å². The number of hydrogen-bond donors (Lipinski definition) is 0. The van der Waals surface area contributed by atoms with Crippen molar-refractivity contribution in [2.75, 3.05) is 12.9 Å². The largest absolute Gasteiger partial charge is 0.464 e. The van der Waals surface area contributed by atoms with Crippen LogP contribution in [0.3, 0.4) is 0 Å². The van der Waals surface area contributed by atoms with Crippen molar-refractivity contribution in [3.63, 3.8) is 0 Å². The van der Waals surface area contributed by atoms with Crippen LogP contribution in [0.15, 0.2) is 12.3 Å². The molecule has 0 radical (unpaired) electrons. The van der Waals surface area contributed by atoms with E-state index in [9.17, 15) is 9.59 Å². The molecule has 0 N–H and O–H groups in total. The highest BCUT2D eigenvalue weighted by atomic mass is 32.2. The summed E-state index contributed by atoms with van der Waals surface area (Å²) in [7, 11) is 1.32. The Kier molecular flexibility index (Phi) is 6.10. The Bertz CT molecular complexity index is 543. The maximum absolute atomic E-state index is 11.4. The van der Waals surface area contributed by atoms with Crippen molar-refractivity contribution in [3.05, 3.63) is 29.1 Å². The summed E-state index contributed by atoms with van der Waals surface area (Å²) in [6.45, 7) is 3.33. The molecular weight excluding hydrogens is 262 g/mol. The predicted molar refractivity (Wildman–Crippen MR) is 74.9 cm³/mol. The number of ether oxygens (including phenoxy) is 1. The number of methoxy groups -OCH3 is 1. The van der Waals surface area contributed by atoms with Gasteiger partial charge in [0.15, 0.2) is 10.8 Å². The van der Waals surface area contributed by atoms with Crippen molar-refractivity contribution in [2.24, 2.45) is 0 Å². The lowest BCUT2D eigenvalue weighted by atomic mass is 10.1. The molecule has 5 heteroatoms. The molecule has 100 valence electrons. The first-order chi connectivity index (χ1) is 9.04. The van der Waals surface area contributed by atoms with Gasteiger partial charge in [0.2, 0.25) is 0 Å². The molecule has 19 heavy (non-hydrogen) atoms. The standard InChI is InChI=1S/C14H15NO3S/c1-10-8-12(6-4-5-7-19-11(2)16)9-15-13(10)14(17)18-3/h8-9H,5,7H2,1-3H3. The molecule has 0 aliphatic carbocycles. The zero-order valence-electron chi connectivity index (χ0n) is 11.1. The molecule has 0 saturated heterocycles. The Morgan fingerprint density at radius 2 is 2.21 bits per heavy atom. The van der Waals surface area contributed by atoms with Crippen LogP contribution in [0.2, 0.25) is 0 Å². The molecule has 0 fully saturated rings. The van der Waals surface area contributed by atoms with E-state index in [0.29, 0.717) is 17.9 Å². The highest BCUT2D eigenvalue weighted by Gasteiger charge is 2.10. The van der Waals surface area contributed by atoms with Gasteiger partial charge in [-0.2, -0.15) is 0 Å². The second kappa shape index (κ2) is 7.59. The van der Waals surface area contributed by atoms with E-state index >= 15 is 0 Å². The van der Waals surface area contributed by atoms with E-state index in [0.717, 1.165) is 11.1 Å². The number of thioether (sulfide) groups is 1. The van der Waals surface area contributed by atoms with Crippen LogP contribution in [0.1, 0.15) is 35.0 Å². The first-order valence-corrected chi connectivity index (χ1v) is 6.70. The lowest BCUT2D eigenvalue weighted by Crippen LogP contribution is -2.06. The Hall–Kier alpha value is -1.80. The van der Waals surface area contributed by atoms with E-state index in [1.54, 1.807) is 19.2 Å². The monoisotopic (exact) mass is 277 g/mol. The number of pyridine rings is 1. The van der Waals surface area contributed by atoms with Crippen LogP contribution in [0.4, 0.5) is 0 Å². The van der Waals surface area contributed by atoms with Crippen LogP contribution in [-0.2, 0) is 9.53 Å². The third-order valence-corrected chi connectivity index (χ3v) is 3.04. The minimum Gasteiger partial charge on any atom is -0.464 e. The third kappa shape index (κ3) is 5.14. The molecule has 0 spiro atoms. The van der Waals surface area contributed by atoms with E-state index < -0.39 is 5.97 Å². The van der Waals surface area contributed by atoms with E-state index in [-0.39, 0.29) is 5.12 Å². The quantitative estimate of drug-likeness (QED) is 0.481. The Morgan fingerprint density at radius 1 is 1.47 bits per heavy atom. The van der Waals surface area contributed by atoms with Gasteiger partial charge in [-0.25, -0.2) is 9.78 Å². The Balaban J connectivity index is 2.66. The fraction of sp³-hybridized carbons (Fsp3) is 0.357. The van der Waals surface area contributed by atoms with Crippen LogP contribution in [0.25, 0.3) is 0 Å². The van der Waals surface area contributed by atoms with E-state index in [2.05, 4.69) is 21.6 Å². The van der Waals surface area contributed by atoms with Gasteiger partial charge in [-0.1, -0.05) is 23.6 Å². The molecule has 0 aliphatic rings. The van der Waals surface area contributed by atoms with Gasteiger partial charge in [0.25, 0.3) is 0 Å². The lowest BCUT2D eigenvalue weighted by Gasteiger charge is -2.02. The topological polar surface area (TPSA) is 56.3 Å². The van der Waals surface area contributed by atoms with E-state index in [1.165, 1.54) is 25.8 Å². The number of nitrogens with zero attached hydrogens (tertiary/aromatic N) is 1. The summed E-state index contributed by atoms with van der Waals surface area (Å²) in [6, 6.07) is 1.80. The fourth-order valence-corrected chi connectivity index (χ4v) is 1.86. The summed E-state index contributed by atoms with van der Waals surface area (Å²) >= 11 is 1.26. The average Bonchev–Trinajstić information content (AvgIpc) is 2.37. The second-order valence-corrected chi connectivity index (χ2v) is 5.04. The van der Waals surface area contributed by atoms with Crippen LogP contribution >= 0.6 is 11.8 Å². The maximum atomic E-state index is 11.4. The van der Waals surface area contributed by atoms with Gasteiger partial charge in [0.05, 0.1) is 7.11 Å². The molecule has 0 atom stereocenters. The first kappa shape index (κ1) is 15.3. The summed E-state index contributed by atoms with van der Waals surface area (Å²) in [5.41, 5.74) is 1.79. The van der Waals surface area contributed by atoms with Crippen LogP contribution in [-0.4, -0.2) is 28.9 Å². The summed E-state index contributed by atoms with van der Waals surface area (Å²) in [5, 5.41) is 0.0988. The fourth-order valence-electron chi connectivity index (χ4n) is 1.36. The van der Waals surface area contributed by atoms with Gasteiger partial charge >= 0.3 is 5.97 Å². The van der Waals surface area contributed by atoms with Crippen molar-refractivity contribution >= 4 is 22.8 Å². The molecule has 1 rings (SSSR count). The van der Waals surface area contributed by atoms with Crippen molar-refractivity contribution in [1.29, 1.82) is 0 Å². The number of rotatable bonds is 3. The highest BCUT2D eigenvalue weighted by molar-refractivity contribution is 8.13. The number of hydrogen-bond acceptors (Lipinski definition) is 5. The van der Waals surface area contributed by atoms with Crippen LogP contribution in [0, 0.1) is 18.8 Å². The molecule has 1 heterocycles. The Labute approximate surface area is 116 Å². The normalized spacial score (nSPS) is 9.42. The van der Waals surface area contributed by atoms with E-state index in [1.807, 2.05) is 0 Å². The Morgan fingerprint density at radius 3 is 2.79 bits per heavy atom. The number of carbonyl (C=O) groups excluding carboxylic acids is 2. The number of carbonyl (C=O) groups is 2.